The smallest absolute Gasteiger partial charge is 0.217 e. The van der Waals surface area contributed by atoms with Gasteiger partial charge in [0.15, 0.2) is 25.2 Å². The van der Waals surface area contributed by atoms with Crippen molar-refractivity contribution in [3.8, 4) is 0 Å². The Labute approximate surface area is 285 Å². The first kappa shape index (κ1) is 40.6. The summed E-state index contributed by atoms with van der Waals surface area (Å²) in [7, 11) is 0. The second kappa shape index (κ2) is 17.6. The molecule has 9 unspecified atom stereocenters. The maximum Gasteiger partial charge on any atom is 0.217 e. The molecule has 4 rings (SSSR count). The van der Waals surface area contributed by atoms with Gasteiger partial charge in [-0.25, -0.2) is 0 Å². The molecule has 9 N–H and O–H groups in total. The topological polar surface area (TPSA) is 265 Å². The van der Waals surface area contributed by atoms with Crippen LogP contribution in [0, 0.1) is 11.8 Å². The third-order valence-electron chi connectivity index (χ3n) is 9.82. The van der Waals surface area contributed by atoms with E-state index in [1.165, 1.54) is 13.8 Å². The SMILES string of the molecule is CCCO[C@@H]1OC(C)[C@H](O)C(O[C@H]2OC(CO)[C@@H](O)C(O)C2O)[C@@H]1O[C@@H]1OC(CO)[C@@H](O)[C@H](O[C@@H]2OC(C)[C@H](O)C(C)[C@@H]2C)C1NC(C)=O. The van der Waals surface area contributed by atoms with E-state index in [2.05, 4.69) is 5.32 Å². The molecule has 18 nitrogen and oxygen atoms in total. The number of rotatable bonds is 12. The van der Waals surface area contributed by atoms with Crippen LogP contribution in [0.1, 0.15) is 48.0 Å². The number of nitrogens with one attached hydrogen (secondary N) is 1. The van der Waals surface area contributed by atoms with Crippen LogP contribution >= 0.6 is 0 Å². The van der Waals surface area contributed by atoms with E-state index < -0.39 is 130 Å². The lowest BCUT2D eigenvalue weighted by atomic mass is 9.85. The number of hydrogen-bond acceptors (Lipinski definition) is 17. The zero-order valence-electron chi connectivity index (χ0n) is 28.6. The summed E-state index contributed by atoms with van der Waals surface area (Å²) >= 11 is 0. The van der Waals surface area contributed by atoms with Gasteiger partial charge in [0, 0.05) is 19.4 Å². The Morgan fingerprint density at radius 2 is 1.16 bits per heavy atom. The third kappa shape index (κ3) is 8.90. The molecule has 4 aliphatic heterocycles. The highest BCUT2D eigenvalue weighted by Gasteiger charge is 2.55. The molecule has 0 aromatic carbocycles. The molecular weight excluding hydrogens is 658 g/mol. The quantitative estimate of drug-likeness (QED) is 0.0947. The van der Waals surface area contributed by atoms with Crippen LogP contribution in [0.2, 0.25) is 0 Å². The molecule has 4 saturated heterocycles. The molecule has 0 aromatic rings. The van der Waals surface area contributed by atoms with E-state index in [1.807, 2.05) is 13.8 Å². The Morgan fingerprint density at radius 1 is 0.612 bits per heavy atom. The molecule has 0 aromatic heterocycles. The monoisotopic (exact) mass is 713 g/mol. The van der Waals surface area contributed by atoms with Crippen LogP contribution in [-0.2, 0) is 42.7 Å². The van der Waals surface area contributed by atoms with E-state index in [-0.39, 0.29) is 18.4 Å². The minimum absolute atomic E-state index is 0.170. The van der Waals surface area contributed by atoms with Crippen LogP contribution in [0.4, 0.5) is 0 Å². The Bertz CT molecular complexity index is 1040. The predicted molar refractivity (Wildman–Crippen MR) is 163 cm³/mol. The number of carbonyl (C=O) groups excluding carboxylic acids is 1. The molecular formula is C31H55NO17. The summed E-state index contributed by atoms with van der Waals surface area (Å²) < 4.78 is 48.1. The molecule has 286 valence electrons. The van der Waals surface area contributed by atoms with Crippen LogP contribution in [-0.4, -0.2) is 177 Å². The summed E-state index contributed by atoms with van der Waals surface area (Å²) in [5.74, 6) is -1.18. The maximum absolute atomic E-state index is 12.5. The van der Waals surface area contributed by atoms with Crippen LogP contribution in [0.15, 0.2) is 0 Å². The largest absolute Gasteiger partial charge is 0.394 e. The summed E-state index contributed by atoms with van der Waals surface area (Å²) in [5.41, 5.74) is 0. The number of amides is 1. The fourth-order valence-corrected chi connectivity index (χ4v) is 6.59. The van der Waals surface area contributed by atoms with Gasteiger partial charge in [0.2, 0.25) is 5.91 Å². The Balaban J connectivity index is 1.68. The second-order valence-corrected chi connectivity index (χ2v) is 13.4. The van der Waals surface area contributed by atoms with Crippen molar-refractivity contribution in [2.75, 3.05) is 19.8 Å². The normalized spacial score (nSPS) is 49.4. The van der Waals surface area contributed by atoms with E-state index in [0.717, 1.165) is 0 Å². The van der Waals surface area contributed by atoms with Crippen molar-refractivity contribution < 1.29 is 83.5 Å². The van der Waals surface area contributed by atoms with E-state index in [9.17, 15) is 45.6 Å². The van der Waals surface area contributed by atoms with Crippen molar-refractivity contribution in [1.29, 1.82) is 0 Å². The van der Waals surface area contributed by atoms with E-state index in [0.29, 0.717) is 6.42 Å². The Kier molecular flexibility index (Phi) is 14.6. The van der Waals surface area contributed by atoms with Crippen LogP contribution < -0.4 is 5.32 Å². The van der Waals surface area contributed by atoms with Gasteiger partial charge in [-0.3, -0.25) is 4.79 Å². The molecule has 0 spiro atoms. The maximum atomic E-state index is 12.5. The van der Waals surface area contributed by atoms with Crippen molar-refractivity contribution in [1.82, 2.24) is 5.32 Å². The van der Waals surface area contributed by atoms with Crippen LogP contribution in [0.5, 0.6) is 0 Å². The van der Waals surface area contributed by atoms with Gasteiger partial charge in [0.05, 0.1) is 31.5 Å². The highest BCUT2D eigenvalue weighted by Crippen LogP contribution is 2.37. The zero-order valence-corrected chi connectivity index (χ0v) is 28.6. The predicted octanol–water partition coefficient (Wildman–Crippen LogP) is -3.57. The lowest BCUT2D eigenvalue weighted by molar-refractivity contribution is -0.387. The van der Waals surface area contributed by atoms with Crippen molar-refractivity contribution in [3.63, 3.8) is 0 Å². The van der Waals surface area contributed by atoms with Gasteiger partial charge in [-0.15, -0.1) is 0 Å². The Hall–Kier alpha value is -1.17. The first-order chi connectivity index (χ1) is 23.1. The van der Waals surface area contributed by atoms with Crippen molar-refractivity contribution in [2.45, 2.75) is 159 Å². The number of hydrogen-bond donors (Lipinski definition) is 9. The molecule has 4 heterocycles. The molecule has 18 heteroatoms. The lowest BCUT2D eigenvalue weighted by Gasteiger charge is -2.51. The molecule has 4 fully saturated rings. The van der Waals surface area contributed by atoms with Gasteiger partial charge in [-0.1, -0.05) is 20.8 Å². The summed E-state index contributed by atoms with van der Waals surface area (Å²) in [6.45, 7) is 8.69. The summed E-state index contributed by atoms with van der Waals surface area (Å²) in [4.78, 5) is 12.5. The third-order valence-corrected chi connectivity index (χ3v) is 9.82. The minimum atomic E-state index is -1.82. The highest BCUT2D eigenvalue weighted by molar-refractivity contribution is 5.73. The lowest BCUT2D eigenvalue weighted by Crippen LogP contribution is -2.69. The van der Waals surface area contributed by atoms with Crippen molar-refractivity contribution in [2.24, 2.45) is 11.8 Å². The first-order valence-corrected chi connectivity index (χ1v) is 16.9. The standard InChI is InChI=1S/C31H55NO17/c1-7-8-42-31-27(26(20(37)14(5)44-31)48-30-24(41)23(40)21(38)16(9-33)46-30)49-29-18(32-15(6)35)25(22(39)17(10-34)45-29)47-28-12(3)11(2)19(36)13(4)43-28/h11-14,16-31,33-34,36-41H,7-10H2,1-6H3,(H,32,35)/t11?,12-,13?,14?,16?,17?,18?,19+,20-,21+,22+,23?,24?,25+,26?,27-,28-,29-,30+,31+/m0/s1. The van der Waals surface area contributed by atoms with Crippen LogP contribution in [0.25, 0.3) is 0 Å². The van der Waals surface area contributed by atoms with Gasteiger partial charge >= 0.3 is 0 Å². The van der Waals surface area contributed by atoms with Gasteiger partial charge < -0.3 is 84.1 Å². The van der Waals surface area contributed by atoms with Crippen molar-refractivity contribution >= 4 is 5.91 Å². The van der Waals surface area contributed by atoms with Gasteiger partial charge in [-0.2, -0.15) is 0 Å². The molecule has 49 heavy (non-hydrogen) atoms. The van der Waals surface area contributed by atoms with Gasteiger partial charge in [-0.05, 0) is 26.2 Å². The molecule has 0 aliphatic carbocycles. The van der Waals surface area contributed by atoms with Crippen LogP contribution in [0.3, 0.4) is 0 Å². The summed E-state index contributed by atoms with van der Waals surface area (Å²) in [5, 5.41) is 87.1. The molecule has 0 radical (unpaired) electrons. The number of carbonyl (C=O) groups is 1. The molecule has 0 bridgehead atoms. The van der Waals surface area contributed by atoms with Gasteiger partial charge in [0.1, 0.15) is 67.1 Å². The van der Waals surface area contributed by atoms with E-state index >= 15 is 0 Å². The molecule has 1 amide bonds. The number of aliphatic hydroxyl groups is 8. The molecule has 20 atom stereocenters. The van der Waals surface area contributed by atoms with E-state index in [1.54, 1.807) is 13.8 Å². The van der Waals surface area contributed by atoms with E-state index in [4.69, 9.17) is 37.9 Å². The average Bonchev–Trinajstić information content (AvgIpc) is 3.07. The summed E-state index contributed by atoms with van der Waals surface area (Å²) in [6, 6.07) is -1.26. The molecule has 0 saturated carbocycles. The minimum Gasteiger partial charge on any atom is -0.394 e. The molecule has 4 aliphatic rings. The highest BCUT2D eigenvalue weighted by atomic mass is 16.8. The van der Waals surface area contributed by atoms with Crippen molar-refractivity contribution in [3.05, 3.63) is 0 Å². The van der Waals surface area contributed by atoms with Gasteiger partial charge in [0.25, 0.3) is 0 Å². The number of aliphatic hydroxyl groups excluding tert-OH is 8. The number of ether oxygens (including phenoxy) is 8. The Morgan fingerprint density at radius 3 is 1.78 bits per heavy atom. The fraction of sp³-hybridized carbons (Fsp3) is 0.968. The second-order valence-electron chi connectivity index (χ2n) is 13.4. The summed E-state index contributed by atoms with van der Waals surface area (Å²) in [6.07, 6.45) is -22.2. The fourth-order valence-electron chi connectivity index (χ4n) is 6.59. The first-order valence-electron chi connectivity index (χ1n) is 16.9. The zero-order chi connectivity index (χ0) is 36.3. The average molecular weight is 714 g/mol.